The van der Waals surface area contributed by atoms with Crippen LogP contribution < -0.4 is 0 Å². The van der Waals surface area contributed by atoms with E-state index in [1.807, 2.05) is 19.2 Å². The standard InChI is InChI=1S/C7H16O3SSi/c1-4-6-11(8,9)10-7-12(3)5-2/h5,12H,2,4,6-7H2,1,3H3. The van der Waals surface area contributed by atoms with E-state index in [2.05, 4.69) is 6.58 Å². The second-order valence-corrected chi connectivity index (χ2v) is 7.28. The highest BCUT2D eigenvalue weighted by Crippen LogP contribution is 1.97. The summed E-state index contributed by atoms with van der Waals surface area (Å²) in [6.45, 7) is 7.40. The Morgan fingerprint density at radius 2 is 2.17 bits per heavy atom. The van der Waals surface area contributed by atoms with Crippen molar-refractivity contribution in [3.8, 4) is 0 Å². The molecule has 0 aromatic rings. The van der Waals surface area contributed by atoms with Gasteiger partial charge in [0.25, 0.3) is 10.1 Å². The van der Waals surface area contributed by atoms with Crippen molar-refractivity contribution in [1.29, 1.82) is 0 Å². The molecule has 0 saturated carbocycles. The quantitative estimate of drug-likeness (QED) is 0.480. The minimum absolute atomic E-state index is 0.116. The van der Waals surface area contributed by atoms with Gasteiger partial charge in [-0.2, -0.15) is 8.42 Å². The molecule has 0 fully saturated rings. The van der Waals surface area contributed by atoms with Crippen LogP contribution in [0, 0.1) is 0 Å². The van der Waals surface area contributed by atoms with E-state index in [-0.39, 0.29) is 5.75 Å². The molecule has 0 aliphatic rings. The molecule has 0 aromatic carbocycles. The average molecular weight is 208 g/mol. The summed E-state index contributed by atoms with van der Waals surface area (Å²) in [4.78, 5) is 0. The molecular formula is C7H16O3SSi. The molecule has 0 aliphatic heterocycles. The molecule has 1 unspecified atom stereocenters. The van der Waals surface area contributed by atoms with Crippen LogP contribution in [0.15, 0.2) is 12.3 Å². The molecule has 72 valence electrons. The molecule has 0 saturated heterocycles. The van der Waals surface area contributed by atoms with Gasteiger partial charge < -0.3 is 0 Å². The molecule has 0 heterocycles. The van der Waals surface area contributed by atoms with Gasteiger partial charge in [0.2, 0.25) is 0 Å². The fourth-order valence-corrected chi connectivity index (χ4v) is 3.03. The molecule has 5 heteroatoms. The molecule has 0 spiro atoms. The van der Waals surface area contributed by atoms with Gasteiger partial charge in [0, 0.05) is 0 Å². The van der Waals surface area contributed by atoms with E-state index in [9.17, 15) is 8.42 Å². The average Bonchev–Trinajstić information content (AvgIpc) is 2.00. The summed E-state index contributed by atoms with van der Waals surface area (Å²) in [5.74, 6) is 0.116. The molecule has 0 bridgehead atoms. The largest absolute Gasteiger partial charge is 0.274 e. The molecule has 0 radical (unpaired) electrons. The lowest BCUT2D eigenvalue weighted by Gasteiger charge is -2.05. The lowest BCUT2D eigenvalue weighted by molar-refractivity contribution is 0.372. The Labute approximate surface area is 76.2 Å². The molecule has 0 aromatic heterocycles. The Kier molecular flexibility index (Phi) is 5.44. The van der Waals surface area contributed by atoms with Gasteiger partial charge in [-0.15, -0.1) is 12.3 Å². The first-order valence-electron chi connectivity index (χ1n) is 4.01. The zero-order valence-corrected chi connectivity index (χ0v) is 9.59. The molecular weight excluding hydrogens is 192 g/mol. The van der Waals surface area contributed by atoms with Crippen molar-refractivity contribution in [3.05, 3.63) is 12.3 Å². The number of hydrogen-bond acceptors (Lipinski definition) is 3. The van der Waals surface area contributed by atoms with E-state index in [4.69, 9.17) is 4.18 Å². The van der Waals surface area contributed by atoms with Crippen LogP contribution in [0.4, 0.5) is 0 Å². The Bertz CT molecular complexity index is 223. The van der Waals surface area contributed by atoms with Gasteiger partial charge in [0.05, 0.1) is 20.8 Å². The third-order valence-electron chi connectivity index (χ3n) is 1.37. The Morgan fingerprint density at radius 3 is 2.58 bits per heavy atom. The van der Waals surface area contributed by atoms with Crippen LogP contribution in [0.1, 0.15) is 13.3 Å². The highest BCUT2D eigenvalue weighted by Gasteiger charge is 2.10. The van der Waals surface area contributed by atoms with Crippen LogP contribution in [0.5, 0.6) is 0 Å². The smallest absolute Gasteiger partial charge is 0.267 e. The van der Waals surface area contributed by atoms with Crippen LogP contribution in [0.2, 0.25) is 6.55 Å². The van der Waals surface area contributed by atoms with Crippen LogP contribution in [0.3, 0.4) is 0 Å². The highest BCUT2D eigenvalue weighted by molar-refractivity contribution is 7.86. The van der Waals surface area contributed by atoms with E-state index in [1.165, 1.54) is 0 Å². The van der Waals surface area contributed by atoms with Crippen molar-refractivity contribution in [2.75, 3.05) is 12.0 Å². The first kappa shape index (κ1) is 11.9. The maximum atomic E-state index is 11.0. The zero-order chi connectivity index (χ0) is 9.61. The fraction of sp³-hybridized carbons (Fsp3) is 0.714. The highest BCUT2D eigenvalue weighted by atomic mass is 32.2. The van der Waals surface area contributed by atoms with Crippen molar-refractivity contribution in [2.45, 2.75) is 19.9 Å². The molecule has 0 N–H and O–H groups in total. The normalized spacial score (nSPS) is 14.2. The minimum Gasteiger partial charge on any atom is -0.274 e. The predicted octanol–water partition coefficient (Wildman–Crippen LogP) is 0.864. The SMILES string of the molecule is C=C[SiH](C)COS(=O)(=O)CCC. The lowest BCUT2D eigenvalue weighted by atomic mass is 10.6. The van der Waals surface area contributed by atoms with E-state index in [1.54, 1.807) is 0 Å². The van der Waals surface area contributed by atoms with Gasteiger partial charge >= 0.3 is 0 Å². The van der Waals surface area contributed by atoms with Gasteiger partial charge in [0.1, 0.15) is 0 Å². The summed E-state index contributed by atoms with van der Waals surface area (Å²) in [5, 5.41) is 0. The van der Waals surface area contributed by atoms with E-state index in [0.29, 0.717) is 12.7 Å². The Balaban J connectivity index is 3.84. The van der Waals surface area contributed by atoms with Crippen LogP contribution in [-0.4, -0.2) is 29.2 Å². The van der Waals surface area contributed by atoms with Crippen LogP contribution in [0.25, 0.3) is 0 Å². The van der Waals surface area contributed by atoms with E-state index >= 15 is 0 Å². The summed E-state index contributed by atoms with van der Waals surface area (Å²) in [7, 11) is -4.39. The zero-order valence-electron chi connectivity index (χ0n) is 7.62. The van der Waals surface area contributed by atoms with Crippen molar-refractivity contribution < 1.29 is 12.6 Å². The maximum absolute atomic E-state index is 11.0. The maximum Gasteiger partial charge on any atom is 0.267 e. The topological polar surface area (TPSA) is 43.4 Å². The molecule has 0 amide bonds. The van der Waals surface area contributed by atoms with Gasteiger partial charge in [-0.25, -0.2) is 0 Å². The third-order valence-corrected chi connectivity index (χ3v) is 4.51. The number of hydrogen-bond donors (Lipinski definition) is 0. The van der Waals surface area contributed by atoms with E-state index < -0.39 is 18.9 Å². The fourth-order valence-electron chi connectivity index (χ4n) is 0.588. The van der Waals surface area contributed by atoms with Gasteiger partial charge in [-0.1, -0.05) is 13.5 Å². The first-order chi connectivity index (χ1) is 5.52. The summed E-state index contributed by atoms with van der Waals surface area (Å²) in [5.41, 5.74) is 1.81. The molecule has 3 nitrogen and oxygen atoms in total. The second kappa shape index (κ2) is 5.50. The Morgan fingerprint density at radius 1 is 1.58 bits per heavy atom. The van der Waals surface area contributed by atoms with Crippen molar-refractivity contribution in [3.63, 3.8) is 0 Å². The van der Waals surface area contributed by atoms with Crippen LogP contribution in [-0.2, 0) is 14.3 Å². The Hall–Kier alpha value is -0.133. The van der Waals surface area contributed by atoms with Crippen molar-refractivity contribution in [1.82, 2.24) is 0 Å². The summed E-state index contributed by atoms with van der Waals surface area (Å²) in [6.07, 6.45) is 0.943. The number of rotatable bonds is 6. The minimum atomic E-state index is -3.25. The lowest BCUT2D eigenvalue weighted by Crippen LogP contribution is -2.19. The van der Waals surface area contributed by atoms with Gasteiger partial charge in [0.15, 0.2) is 0 Å². The first-order valence-corrected chi connectivity index (χ1v) is 8.23. The summed E-state index contributed by atoms with van der Waals surface area (Å²) >= 11 is 0. The van der Waals surface area contributed by atoms with Gasteiger partial charge in [-0.3, -0.25) is 4.18 Å². The summed E-state index contributed by atoms with van der Waals surface area (Å²) < 4.78 is 26.8. The monoisotopic (exact) mass is 208 g/mol. The van der Waals surface area contributed by atoms with E-state index in [0.717, 1.165) is 0 Å². The molecule has 0 rings (SSSR count). The second-order valence-electron chi connectivity index (χ2n) is 2.76. The summed E-state index contributed by atoms with van der Waals surface area (Å²) in [6, 6.07) is 0. The molecule has 12 heavy (non-hydrogen) atoms. The predicted molar refractivity (Wildman–Crippen MR) is 53.2 cm³/mol. The van der Waals surface area contributed by atoms with Crippen molar-refractivity contribution in [2.24, 2.45) is 0 Å². The molecule has 1 atom stereocenters. The third kappa shape index (κ3) is 5.51. The van der Waals surface area contributed by atoms with Gasteiger partial charge in [-0.05, 0) is 6.42 Å². The van der Waals surface area contributed by atoms with Crippen molar-refractivity contribution >= 4 is 18.9 Å². The molecule has 0 aliphatic carbocycles. The van der Waals surface area contributed by atoms with Crippen LogP contribution >= 0.6 is 0 Å².